The maximum atomic E-state index is 14.1. The Labute approximate surface area is 265 Å². The van der Waals surface area contributed by atoms with E-state index in [4.69, 9.17) is 4.74 Å². The Morgan fingerprint density at radius 2 is 1.69 bits per heavy atom. The summed E-state index contributed by atoms with van der Waals surface area (Å²) in [6.07, 6.45) is -4.66. The van der Waals surface area contributed by atoms with Crippen molar-refractivity contribution < 1.29 is 32.3 Å². The summed E-state index contributed by atoms with van der Waals surface area (Å²) in [6, 6.07) is 11.8. The fourth-order valence-electron chi connectivity index (χ4n) is 6.22. The van der Waals surface area contributed by atoms with Gasteiger partial charge in [-0.3, -0.25) is 23.7 Å². The van der Waals surface area contributed by atoms with Gasteiger partial charge in [-0.2, -0.15) is 13.2 Å². The standard InChI is InChI=1S/C31H31F3N4O5S2/c1-3-35(4-2)20-10-8-18(9-11-20)23-24-25(28(41)38(27(24)40)21-7-5-6-19(16-21)31(32,33)34)44-29-26(23)45-30(42)37(29)17-22(39)36-12-14-43-15-13-36/h5-11,16,23-25H,3-4,12-15,17H2,1-2H3. The molecule has 2 saturated heterocycles. The largest absolute Gasteiger partial charge is 0.416 e. The van der Waals surface area contributed by atoms with Crippen LogP contribution in [0.5, 0.6) is 0 Å². The first-order valence-electron chi connectivity index (χ1n) is 14.7. The third kappa shape index (κ3) is 5.67. The predicted molar refractivity (Wildman–Crippen MR) is 165 cm³/mol. The number of ether oxygens (including phenoxy) is 1. The third-order valence-corrected chi connectivity index (χ3v) is 11.1. The topological polar surface area (TPSA) is 92.2 Å². The molecule has 3 aromatic rings. The zero-order valence-electron chi connectivity index (χ0n) is 24.6. The number of nitrogens with zero attached hydrogens (tertiary/aromatic N) is 4. The van der Waals surface area contributed by atoms with E-state index in [2.05, 4.69) is 4.90 Å². The molecule has 238 valence electrons. The van der Waals surface area contributed by atoms with Gasteiger partial charge in [0, 0.05) is 42.7 Å². The fraction of sp³-hybridized carbons (Fsp3) is 0.419. The first kappa shape index (κ1) is 31.4. The number of rotatable bonds is 7. The van der Waals surface area contributed by atoms with Crippen LogP contribution in [0.2, 0.25) is 0 Å². The highest BCUT2D eigenvalue weighted by Crippen LogP contribution is 2.54. The van der Waals surface area contributed by atoms with Crippen LogP contribution in [-0.2, 0) is 31.8 Å². The minimum atomic E-state index is -4.66. The second kappa shape index (κ2) is 12.3. The molecule has 0 radical (unpaired) electrons. The molecule has 0 saturated carbocycles. The van der Waals surface area contributed by atoms with Crippen LogP contribution in [0.1, 0.15) is 35.8 Å². The molecular formula is C31H31F3N4O5S2. The molecule has 0 spiro atoms. The van der Waals surface area contributed by atoms with E-state index in [-0.39, 0.29) is 23.0 Å². The average Bonchev–Trinajstić information content (AvgIpc) is 3.48. The highest BCUT2D eigenvalue weighted by atomic mass is 32.2. The van der Waals surface area contributed by atoms with E-state index in [0.29, 0.717) is 41.8 Å². The molecule has 4 heterocycles. The number of thiazole rings is 1. The van der Waals surface area contributed by atoms with Crippen molar-refractivity contribution in [1.82, 2.24) is 9.47 Å². The molecule has 3 atom stereocenters. The van der Waals surface area contributed by atoms with E-state index in [1.807, 2.05) is 38.1 Å². The molecule has 1 aromatic heterocycles. The number of carbonyl (C=O) groups excluding carboxylic acids is 3. The van der Waals surface area contributed by atoms with Crippen LogP contribution in [0.25, 0.3) is 0 Å². The van der Waals surface area contributed by atoms with Crippen LogP contribution in [-0.4, -0.2) is 71.8 Å². The van der Waals surface area contributed by atoms with Gasteiger partial charge in [0.2, 0.25) is 17.7 Å². The maximum Gasteiger partial charge on any atom is 0.416 e. The molecular weight excluding hydrogens is 629 g/mol. The first-order valence-corrected chi connectivity index (χ1v) is 16.4. The van der Waals surface area contributed by atoms with Crippen molar-refractivity contribution in [3.05, 3.63) is 74.2 Å². The summed E-state index contributed by atoms with van der Waals surface area (Å²) < 4.78 is 47.4. The lowest BCUT2D eigenvalue weighted by Crippen LogP contribution is -2.43. The van der Waals surface area contributed by atoms with Crippen LogP contribution >= 0.6 is 23.1 Å². The summed E-state index contributed by atoms with van der Waals surface area (Å²) in [5.41, 5.74) is 0.532. The molecule has 9 nitrogen and oxygen atoms in total. The second-order valence-corrected chi connectivity index (χ2v) is 13.1. The Morgan fingerprint density at radius 3 is 2.33 bits per heavy atom. The normalized spacial score (nSPS) is 21.6. The lowest BCUT2D eigenvalue weighted by atomic mass is 9.83. The smallest absolute Gasteiger partial charge is 0.378 e. The number of thioether (sulfide) groups is 1. The van der Waals surface area contributed by atoms with Crippen LogP contribution in [0.4, 0.5) is 24.5 Å². The molecule has 0 N–H and O–H groups in total. The number of aromatic nitrogens is 1. The number of amides is 3. The molecule has 3 amide bonds. The molecule has 2 fully saturated rings. The van der Waals surface area contributed by atoms with Crippen molar-refractivity contribution >= 4 is 52.2 Å². The predicted octanol–water partition coefficient (Wildman–Crippen LogP) is 4.43. The third-order valence-electron chi connectivity index (χ3n) is 8.52. The zero-order chi connectivity index (χ0) is 32.0. The molecule has 0 aliphatic carbocycles. The summed E-state index contributed by atoms with van der Waals surface area (Å²) in [7, 11) is 0. The summed E-state index contributed by atoms with van der Waals surface area (Å²) in [5.74, 6) is -3.23. The Bertz CT molecular complexity index is 1680. The lowest BCUT2D eigenvalue weighted by molar-refractivity contribution is -0.138. The summed E-state index contributed by atoms with van der Waals surface area (Å²) in [4.78, 5) is 59.4. The van der Waals surface area contributed by atoms with Crippen LogP contribution in [0.3, 0.4) is 0 Å². The van der Waals surface area contributed by atoms with Gasteiger partial charge in [0.05, 0.1) is 35.4 Å². The Kier molecular flexibility index (Phi) is 8.57. The molecule has 3 unspecified atom stereocenters. The molecule has 3 aliphatic rings. The molecule has 45 heavy (non-hydrogen) atoms. The number of morpholine rings is 1. The number of hydrogen-bond acceptors (Lipinski definition) is 8. The van der Waals surface area contributed by atoms with Crippen LogP contribution in [0.15, 0.2) is 58.4 Å². The van der Waals surface area contributed by atoms with E-state index >= 15 is 0 Å². The Hall–Kier alpha value is -3.62. The van der Waals surface area contributed by atoms with Gasteiger partial charge < -0.3 is 14.5 Å². The number of anilines is 2. The Morgan fingerprint density at radius 1 is 1.00 bits per heavy atom. The van der Waals surface area contributed by atoms with Gasteiger partial charge in [0.1, 0.15) is 11.8 Å². The van der Waals surface area contributed by atoms with Crippen LogP contribution in [0, 0.1) is 5.92 Å². The van der Waals surface area contributed by atoms with Gasteiger partial charge in [-0.25, -0.2) is 4.90 Å². The zero-order valence-corrected chi connectivity index (χ0v) is 26.2. The second-order valence-electron chi connectivity index (χ2n) is 11.0. The van der Waals surface area contributed by atoms with E-state index < -0.39 is 40.6 Å². The van der Waals surface area contributed by atoms with Crippen LogP contribution < -0.4 is 14.7 Å². The molecule has 6 rings (SSSR count). The van der Waals surface area contributed by atoms with Gasteiger partial charge in [-0.15, -0.1) is 0 Å². The summed E-state index contributed by atoms with van der Waals surface area (Å²) in [6.45, 7) is 7.00. The highest BCUT2D eigenvalue weighted by molar-refractivity contribution is 8.00. The van der Waals surface area contributed by atoms with Crippen molar-refractivity contribution in [1.29, 1.82) is 0 Å². The number of fused-ring (bicyclic) bond motifs is 2. The molecule has 3 aliphatic heterocycles. The summed E-state index contributed by atoms with van der Waals surface area (Å²) >= 11 is 1.97. The number of imide groups is 1. The van der Waals surface area contributed by atoms with Gasteiger partial charge >= 0.3 is 11.0 Å². The average molecular weight is 661 g/mol. The van der Waals surface area contributed by atoms with Gasteiger partial charge in [0.15, 0.2) is 0 Å². The van der Waals surface area contributed by atoms with E-state index in [0.717, 1.165) is 58.9 Å². The number of halogens is 3. The summed E-state index contributed by atoms with van der Waals surface area (Å²) in [5, 5.41) is -0.580. The van der Waals surface area contributed by atoms with E-state index in [1.54, 1.807) is 4.90 Å². The number of benzene rings is 2. The number of carbonyl (C=O) groups is 3. The highest BCUT2D eigenvalue weighted by Gasteiger charge is 2.57. The van der Waals surface area contributed by atoms with E-state index in [1.165, 1.54) is 16.7 Å². The minimum absolute atomic E-state index is 0.159. The molecule has 14 heteroatoms. The SMILES string of the molecule is CCN(CC)c1ccc(C2c3sc(=O)n(CC(=O)N4CCOCC4)c3SC3C(=O)N(c4cccc(C(F)(F)F)c4)C(=O)C32)cc1. The van der Waals surface area contributed by atoms with Gasteiger partial charge in [0.25, 0.3) is 0 Å². The first-order chi connectivity index (χ1) is 21.5. The van der Waals surface area contributed by atoms with Crippen molar-refractivity contribution in [3.63, 3.8) is 0 Å². The minimum Gasteiger partial charge on any atom is -0.378 e. The number of hydrogen-bond donors (Lipinski definition) is 0. The van der Waals surface area contributed by atoms with E-state index in [9.17, 15) is 32.3 Å². The van der Waals surface area contributed by atoms with Crippen molar-refractivity contribution in [3.8, 4) is 0 Å². The Balaban J connectivity index is 1.43. The monoisotopic (exact) mass is 660 g/mol. The fourth-order valence-corrected chi connectivity index (χ4v) is 8.99. The maximum absolute atomic E-state index is 14.1. The van der Waals surface area contributed by atoms with Gasteiger partial charge in [-0.1, -0.05) is 41.3 Å². The molecule has 2 aromatic carbocycles. The quantitative estimate of drug-likeness (QED) is 0.347. The van der Waals surface area contributed by atoms with Crippen molar-refractivity contribution in [2.45, 2.75) is 42.8 Å². The lowest BCUT2D eigenvalue weighted by Gasteiger charge is -2.31. The number of alkyl halides is 3. The van der Waals surface area contributed by atoms with Gasteiger partial charge in [-0.05, 0) is 49.7 Å². The van der Waals surface area contributed by atoms with Crippen molar-refractivity contribution in [2.24, 2.45) is 5.92 Å². The molecule has 0 bridgehead atoms. The van der Waals surface area contributed by atoms with Crippen molar-refractivity contribution in [2.75, 3.05) is 49.2 Å².